The third kappa shape index (κ3) is 6.98. The SMILES string of the molecule is CCCCCCC(c1cc(C)c(OCCO)c(C)c1)c1cc(C)c(OCCO)c(C)c1. The van der Waals surface area contributed by atoms with Crippen molar-refractivity contribution in [3.63, 3.8) is 0 Å². The Morgan fingerprint density at radius 3 is 1.45 bits per heavy atom. The molecule has 2 N–H and O–H groups in total. The largest absolute Gasteiger partial charge is 0.491 e. The van der Waals surface area contributed by atoms with Crippen LogP contribution in [0, 0.1) is 27.7 Å². The lowest BCUT2D eigenvalue weighted by molar-refractivity contribution is 0.200. The number of hydrogen-bond donors (Lipinski definition) is 2. The van der Waals surface area contributed by atoms with Crippen molar-refractivity contribution in [2.24, 2.45) is 0 Å². The normalized spacial score (nSPS) is 11.2. The molecule has 0 atom stereocenters. The van der Waals surface area contributed by atoms with Crippen LogP contribution in [0.3, 0.4) is 0 Å². The van der Waals surface area contributed by atoms with Gasteiger partial charge in [0.15, 0.2) is 0 Å². The maximum Gasteiger partial charge on any atom is 0.125 e. The Balaban J connectivity index is 2.42. The van der Waals surface area contributed by atoms with Crippen molar-refractivity contribution < 1.29 is 19.7 Å². The zero-order valence-corrected chi connectivity index (χ0v) is 20.0. The summed E-state index contributed by atoms with van der Waals surface area (Å²) in [5, 5.41) is 18.2. The van der Waals surface area contributed by atoms with Gasteiger partial charge in [0.25, 0.3) is 0 Å². The quantitative estimate of drug-likeness (QED) is 0.398. The van der Waals surface area contributed by atoms with Crippen molar-refractivity contribution in [2.45, 2.75) is 72.6 Å². The van der Waals surface area contributed by atoms with E-state index < -0.39 is 0 Å². The van der Waals surface area contributed by atoms with Gasteiger partial charge in [-0.05, 0) is 67.5 Å². The summed E-state index contributed by atoms with van der Waals surface area (Å²) in [5.74, 6) is 2.07. The van der Waals surface area contributed by atoms with Gasteiger partial charge in [0.2, 0.25) is 0 Å². The Bertz CT molecular complexity index is 718. The lowest BCUT2D eigenvalue weighted by Gasteiger charge is -2.23. The molecule has 0 amide bonds. The lowest BCUT2D eigenvalue weighted by Crippen LogP contribution is -2.09. The molecular formula is C27H40O4. The topological polar surface area (TPSA) is 58.9 Å². The summed E-state index contributed by atoms with van der Waals surface area (Å²) in [4.78, 5) is 0. The average molecular weight is 429 g/mol. The van der Waals surface area contributed by atoms with Crippen molar-refractivity contribution in [3.05, 3.63) is 57.6 Å². The van der Waals surface area contributed by atoms with Gasteiger partial charge in [-0.3, -0.25) is 0 Å². The number of aryl methyl sites for hydroxylation is 4. The molecule has 0 aliphatic carbocycles. The number of unbranched alkanes of at least 4 members (excludes halogenated alkanes) is 3. The zero-order chi connectivity index (χ0) is 22.8. The van der Waals surface area contributed by atoms with E-state index in [1.54, 1.807) is 0 Å². The van der Waals surface area contributed by atoms with E-state index in [9.17, 15) is 0 Å². The highest BCUT2D eigenvalue weighted by Crippen LogP contribution is 2.37. The molecule has 4 nitrogen and oxygen atoms in total. The van der Waals surface area contributed by atoms with E-state index in [4.69, 9.17) is 19.7 Å². The molecule has 0 heterocycles. The molecule has 0 unspecified atom stereocenters. The Labute approximate surface area is 188 Å². The first-order valence-corrected chi connectivity index (χ1v) is 11.6. The highest BCUT2D eigenvalue weighted by molar-refractivity contribution is 5.50. The summed E-state index contributed by atoms with van der Waals surface area (Å²) in [7, 11) is 0. The second-order valence-electron chi connectivity index (χ2n) is 8.51. The number of ether oxygens (including phenoxy) is 2. The van der Waals surface area contributed by atoms with E-state index in [0.717, 1.165) is 40.2 Å². The standard InChI is InChI=1S/C27H40O4/c1-6-7-8-9-10-25(23-15-19(2)26(20(3)16-23)30-13-11-28)24-17-21(4)27(22(5)18-24)31-14-12-29/h15-18,25,28-29H,6-14H2,1-5H3. The van der Waals surface area contributed by atoms with Crippen LogP contribution in [0.5, 0.6) is 11.5 Å². The Hall–Kier alpha value is -2.04. The molecule has 4 heteroatoms. The Morgan fingerprint density at radius 2 is 1.10 bits per heavy atom. The van der Waals surface area contributed by atoms with Gasteiger partial charge in [0, 0.05) is 5.92 Å². The first kappa shape index (κ1) is 25.2. The summed E-state index contributed by atoms with van der Waals surface area (Å²) < 4.78 is 11.5. The van der Waals surface area contributed by atoms with Crippen LogP contribution in [0.4, 0.5) is 0 Å². The van der Waals surface area contributed by atoms with Crippen LogP contribution in [0.1, 0.15) is 78.3 Å². The van der Waals surface area contributed by atoms with Crippen molar-refractivity contribution in [2.75, 3.05) is 26.4 Å². The summed E-state index contributed by atoms with van der Waals surface area (Å²) in [6, 6.07) is 8.96. The van der Waals surface area contributed by atoms with Crippen LogP contribution >= 0.6 is 0 Å². The van der Waals surface area contributed by atoms with Crippen molar-refractivity contribution in [1.29, 1.82) is 0 Å². The summed E-state index contributed by atoms with van der Waals surface area (Å²) >= 11 is 0. The van der Waals surface area contributed by atoms with Gasteiger partial charge in [-0.15, -0.1) is 0 Å². The maximum atomic E-state index is 9.12. The first-order chi connectivity index (χ1) is 14.9. The molecule has 0 aromatic heterocycles. The number of aliphatic hydroxyl groups is 2. The highest BCUT2D eigenvalue weighted by Gasteiger charge is 2.19. The highest BCUT2D eigenvalue weighted by atomic mass is 16.5. The van der Waals surface area contributed by atoms with Gasteiger partial charge in [0.05, 0.1) is 13.2 Å². The van der Waals surface area contributed by atoms with Crippen molar-refractivity contribution in [3.8, 4) is 11.5 Å². The van der Waals surface area contributed by atoms with Crippen molar-refractivity contribution in [1.82, 2.24) is 0 Å². The van der Waals surface area contributed by atoms with Crippen LogP contribution in [0.25, 0.3) is 0 Å². The average Bonchev–Trinajstić information content (AvgIpc) is 2.72. The zero-order valence-electron chi connectivity index (χ0n) is 20.0. The fraction of sp³-hybridized carbons (Fsp3) is 0.556. The number of rotatable bonds is 13. The number of benzene rings is 2. The van der Waals surface area contributed by atoms with Crippen LogP contribution in [0.15, 0.2) is 24.3 Å². The molecule has 31 heavy (non-hydrogen) atoms. The summed E-state index contributed by atoms with van der Waals surface area (Å²) in [6.45, 7) is 11.2. The molecule has 0 bridgehead atoms. The van der Waals surface area contributed by atoms with Gasteiger partial charge in [-0.1, -0.05) is 56.9 Å². The third-order valence-corrected chi connectivity index (χ3v) is 5.79. The van der Waals surface area contributed by atoms with Crippen LogP contribution < -0.4 is 9.47 Å². The molecular weight excluding hydrogens is 388 g/mol. The predicted molar refractivity (Wildman–Crippen MR) is 128 cm³/mol. The smallest absolute Gasteiger partial charge is 0.125 e. The van der Waals surface area contributed by atoms with Gasteiger partial charge >= 0.3 is 0 Å². The predicted octanol–water partition coefficient (Wildman–Crippen LogP) is 5.76. The minimum absolute atomic E-state index is 0.0178. The first-order valence-electron chi connectivity index (χ1n) is 11.6. The minimum atomic E-state index is 0.0178. The molecule has 0 aliphatic heterocycles. The molecule has 2 aromatic rings. The van der Waals surface area contributed by atoms with E-state index in [2.05, 4.69) is 58.9 Å². The van der Waals surface area contributed by atoms with Gasteiger partial charge < -0.3 is 19.7 Å². The fourth-order valence-electron chi connectivity index (χ4n) is 4.42. The Morgan fingerprint density at radius 1 is 0.677 bits per heavy atom. The van der Waals surface area contributed by atoms with Crippen LogP contribution in [0.2, 0.25) is 0 Å². The third-order valence-electron chi connectivity index (χ3n) is 5.79. The second kappa shape index (κ2) is 12.7. The van der Waals surface area contributed by atoms with E-state index in [1.165, 1.54) is 36.8 Å². The molecule has 0 radical (unpaired) electrons. The molecule has 0 spiro atoms. The molecule has 2 rings (SSSR count). The molecule has 0 saturated carbocycles. The minimum Gasteiger partial charge on any atom is -0.491 e. The van der Waals surface area contributed by atoms with E-state index in [0.29, 0.717) is 19.1 Å². The monoisotopic (exact) mass is 428 g/mol. The molecule has 172 valence electrons. The maximum absolute atomic E-state index is 9.12. The number of hydrogen-bond acceptors (Lipinski definition) is 4. The lowest BCUT2D eigenvalue weighted by atomic mass is 9.83. The van der Waals surface area contributed by atoms with Gasteiger partial charge in [-0.25, -0.2) is 0 Å². The fourth-order valence-corrected chi connectivity index (χ4v) is 4.42. The summed E-state index contributed by atoms with van der Waals surface area (Å²) in [6.07, 6.45) is 6.05. The van der Waals surface area contributed by atoms with E-state index >= 15 is 0 Å². The molecule has 0 fully saturated rings. The number of aliphatic hydroxyl groups excluding tert-OH is 2. The Kier molecular flexibility index (Phi) is 10.4. The van der Waals surface area contributed by atoms with Gasteiger partial charge in [0.1, 0.15) is 24.7 Å². The van der Waals surface area contributed by atoms with Crippen LogP contribution in [-0.2, 0) is 0 Å². The summed E-state index contributed by atoms with van der Waals surface area (Å²) in [5.41, 5.74) is 7.06. The van der Waals surface area contributed by atoms with Crippen LogP contribution in [-0.4, -0.2) is 36.6 Å². The molecule has 0 aliphatic rings. The van der Waals surface area contributed by atoms with Crippen molar-refractivity contribution >= 4 is 0 Å². The van der Waals surface area contributed by atoms with E-state index in [1.807, 2.05) is 0 Å². The molecule has 2 aromatic carbocycles. The van der Waals surface area contributed by atoms with E-state index in [-0.39, 0.29) is 13.2 Å². The van der Waals surface area contributed by atoms with Gasteiger partial charge in [-0.2, -0.15) is 0 Å². The molecule has 0 saturated heterocycles. The second-order valence-corrected chi connectivity index (χ2v) is 8.51.